The summed E-state index contributed by atoms with van der Waals surface area (Å²) in [6, 6.07) is 5.79. The number of thiophene rings is 1. The van der Waals surface area contributed by atoms with E-state index in [0.717, 1.165) is 16.3 Å². The highest BCUT2D eigenvalue weighted by Crippen LogP contribution is 2.31. The normalized spacial score (nSPS) is 11.5. The first kappa shape index (κ1) is 18.7. The van der Waals surface area contributed by atoms with E-state index in [1.165, 1.54) is 16.2 Å². The summed E-state index contributed by atoms with van der Waals surface area (Å²) in [6.07, 6.45) is 0.833. The molecule has 4 aromatic rings. The summed E-state index contributed by atoms with van der Waals surface area (Å²) in [5.74, 6) is 0.202. The standard InChI is InChI=1S/C19H19N5O2S2/c1-9(2)7-15-22-23-19(28-15)21-17(25)12-8-13(14-6-5-10(3)27-14)20-18-16(12)11(4)24-26-18/h5-6,8-9H,7H2,1-4H3,(H,21,23,25). The van der Waals surface area contributed by atoms with Gasteiger partial charge in [-0.2, -0.15) is 0 Å². The molecular weight excluding hydrogens is 394 g/mol. The molecule has 0 spiro atoms. The van der Waals surface area contributed by atoms with E-state index < -0.39 is 0 Å². The van der Waals surface area contributed by atoms with E-state index in [1.54, 1.807) is 24.3 Å². The van der Waals surface area contributed by atoms with Crippen LogP contribution in [0, 0.1) is 19.8 Å². The van der Waals surface area contributed by atoms with Gasteiger partial charge in [0.25, 0.3) is 11.6 Å². The number of carbonyl (C=O) groups excluding carboxylic acids is 1. The average molecular weight is 414 g/mol. The van der Waals surface area contributed by atoms with Crippen molar-refractivity contribution in [2.24, 2.45) is 5.92 Å². The number of nitrogens with zero attached hydrogens (tertiary/aromatic N) is 4. The molecule has 4 heterocycles. The summed E-state index contributed by atoms with van der Waals surface area (Å²) < 4.78 is 5.34. The molecular formula is C19H19N5O2S2. The van der Waals surface area contributed by atoms with Crippen LogP contribution >= 0.6 is 22.7 Å². The highest BCUT2D eigenvalue weighted by molar-refractivity contribution is 7.15. The fourth-order valence-corrected chi connectivity index (χ4v) is 4.65. The molecule has 0 aromatic carbocycles. The first-order valence-electron chi connectivity index (χ1n) is 8.88. The lowest BCUT2D eigenvalue weighted by atomic mass is 10.1. The van der Waals surface area contributed by atoms with Gasteiger partial charge < -0.3 is 4.52 Å². The molecule has 28 heavy (non-hydrogen) atoms. The minimum Gasteiger partial charge on any atom is -0.335 e. The van der Waals surface area contributed by atoms with E-state index in [4.69, 9.17) is 4.52 Å². The van der Waals surface area contributed by atoms with Crippen molar-refractivity contribution in [1.29, 1.82) is 0 Å². The number of nitrogens with one attached hydrogen (secondary N) is 1. The van der Waals surface area contributed by atoms with Gasteiger partial charge in [0.15, 0.2) is 0 Å². The fourth-order valence-electron chi connectivity index (χ4n) is 2.87. The number of carbonyl (C=O) groups is 1. The molecule has 1 N–H and O–H groups in total. The Kier molecular flexibility index (Phi) is 4.94. The number of hydrogen-bond acceptors (Lipinski definition) is 8. The largest absolute Gasteiger partial charge is 0.335 e. The number of hydrogen-bond donors (Lipinski definition) is 1. The van der Waals surface area contributed by atoms with Crippen molar-refractivity contribution in [3.63, 3.8) is 0 Å². The second-order valence-corrected chi connectivity index (χ2v) is 9.32. The van der Waals surface area contributed by atoms with Crippen molar-refractivity contribution < 1.29 is 9.32 Å². The highest BCUT2D eigenvalue weighted by Gasteiger charge is 2.21. The molecule has 0 aliphatic heterocycles. The number of aromatic nitrogens is 4. The number of fused-ring (bicyclic) bond motifs is 1. The van der Waals surface area contributed by atoms with Gasteiger partial charge in [-0.25, -0.2) is 4.98 Å². The second kappa shape index (κ2) is 7.40. The van der Waals surface area contributed by atoms with Gasteiger partial charge in [0, 0.05) is 11.3 Å². The molecule has 0 radical (unpaired) electrons. The predicted octanol–water partition coefficient (Wildman–Crippen LogP) is 4.87. The molecule has 0 unspecified atom stereocenters. The van der Waals surface area contributed by atoms with Crippen molar-refractivity contribution in [2.45, 2.75) is 34.1 Å². The maximum Gasteiger partial charge on any atom is 0.259 e. The predicted molar refractivity (Wildman–Crippen MR) is 111 cm³/mol. The zero-order valence-electron chi connectivity index (χ0n) is 15.9. The van der Waals surface area contributed by atoms with Crippen LogP contribution < -0.4 is 5.32 Å². The molecule has 0 fully saturated rings. The van der Waals surface area contributed by atoms with Gasteiger partial charge in [-0.15, -0.1) is 21.5 Å². The minimum absolute atomic E-state index is 0.277. The lowest BCUT2D eigenvalue weighted by Gasteiger charge is -2.05. The Morgan fingerprint density at radius 2 is 2.04 bits per heavy atom. The molecule has 0 aliphatic rings. The molecule has 7 nitrogen and oxygen atoms in total. The first-order valence-corrected chi connectivity index (χ1v) is 10.5. The van der Waals surface area contributed by atoms with Crippen LogP contribution in [0.3, 0.4) is 0 Å². The lowest BCUT2D eigenvalue weighted by Crippen LogP contribution is -2.13. The van der Waals surface area contributed by atoms with Gasteiger partial charge in [0.05, 0.1) is 27.2 Å². The Morgan fingerprint density at radius 3 is 2.75 bits per heavy atom. The van der Waals surface area contributed by atoms with Crippen LogP contribution in [0.5, 0.6) is 0 Å². The van der Waals surface area contributed by atoms with Crippen LogP contribution in [0.25, 0.3) is 21.7 Å². The van der Waals surface area contributed by atoms with Crippen molar-refractivity contribution in [3.05, 3.63) is 39.3 Å². The zero-order chi connectivity index (χ0) is 19.8. The Balaban J connectivity index is 1.71. The number of pyridine rings is 1. The van der Waals surface area contributed by atoms with Crippen LogP contribution in [-0.4, -0.2) is 26.2 Å². The average Bonchev–Trinajstić information content (AvgIpc) is 3.35. The summed E-state index contributed by atoms with van der Waals surface area (Å²) in [7, 11) is 0. The molecule has 0 saturated heterocycles. The maximum atomic E-state index is 13.0. The molecule has 4 rings (SSSR count). The summed E-state index contributed by atoms with van der Waals surface area (Å²) in [6.45, 7) is 8.07. The molecule has 4 aromatic heterocycles. The molecule has 1 amide bonds. The number of amides is 1. The van der Waals surface area contributed by atoms with Gasteiger partial charge in [-0.1, -0.05) is 30.3 Å². The van der Waals surface area contributed by atoms with E-state index in [2.05, 4.69) is 39.5 Å². The number of rotatable bonds is 5. The monoisotopic (exact) mass is 413 g/mol. The van der Waals surface area contributed by atoms with Crippen LogP contribution in [0.2, 0.25) is 0 Å². The van der Waals surface area contributed by atoms with Crippen molar-refractivity contribution >= 4 is 44.8 Å². The Labute approximate surface area is 169 Å². The zero-order valence-corrected chi connectivity index (χ0v) is 17.6. The summed E-state index contributed by atoms with van der Waals surface area (Å²) in [4.78, 5) is 19.7. The van der Waals surface area contributed by atoms with Crippen LogP contribution in [0.4, 0.5) is 5.13 Å². The number of aryl methyl sites for hydroxylation is 2. The summed E-state index contributed by atoms with van der Waals surface area (Å²) in [5, 5.41) is 17.1. The third-order valence-electron chi connectivity index (χ3n) is 4.12. The third kappa shape index (κ3) is 3.67. The van der Waals surface area contributed by atoms with E-state index in [1.807, 2.05) is 19.1 Å². The molecule has 0 atom stereocenters. The lowest BCUT2D eigenvalue weighted by molar-refractivity contribution is 0.102. The SMILES string of the molecule is Cc1ccc(-c2cc(C(=O)Nc3nnc(CC(C)C)s3)c3c(C)noc3n2)s1. The van der Waals surface area contributed by atoms with Crippen molar-refractivity contribution in [3.8, 4) is 10.6 Å². The number of anilines is 1. The van der Waals surface area contributed by atoms with E-state index in [9.17, 15) is 4.79 Å². The maximum absolute atomic E-state index is 13.0. The third-order valence-corrected chi connectivity index (χ3v) is 6.01. The quantitative estimate of drug-likeness (QED) is 0.502. The Morgan fingerprint density at radius 1 is 1.21 bits per heavy atom. The fraction of sp³-hybridized carbons (Fsp3) is 0.316. The van der Waals surface area contributed by atoms with E-state index in [-0.39, 0.29) is 5.91 Å². The van der Waals surface area contributed by atoms with E-state index >= 15 is 0 Å². The van der Waals surface area contributed by atoms with Gasteiger partial charge in [0.1, 0.15) is 5.01 Å². The van der Waals surface area contributed by atoms with Crippen molar-refractivity contribution in [1.82, 2.24) is 20.3 Å². The topological polar surface area (TPSA) is 93.8 Å². The summed E-state index contributed by atoms with van der Waals surface area (Å²) >= 11 is 3.01. The smallest absolute Gasteiger partial charge is 0.259 e. The summed E-state index contributed by atoms with van der Waals surface area (Å²) in [5.41, 5.74) is 2.12. The minimum atomic E-state index is -0.277. The molecule has 9 heteroatoms. The molecule has 144 valence electrons. The highest BCUT2D eigenvalue weighted by atomic mass is 32.1. The van der Waals surface area contributed by atoms with E-state index in [0.29, 0.717) is 39.1 Å². The Hall–Kier alpha value is -2.65. The van der Waals surface area contributed by atoms with Gasteiger partial charge in [-0.05, 0) is 38.0 Å². The molecule has 0 bridgehead atoms. The van der Waals surface area contributed by atoms with Crippen molar-refractivity contribution in [2.75, 3.05) is 5.32 Å². The van der Waals surface area contributed by atoms with Gasteiger partial charge in [-0.3, -0.25) is 10.1 Å². The van der Waals surface area contributed by atoms with Gasteiger partial charge in [0.2, 0.25) is 5.13 Å². The second-order valence-electron chi connectivity index (χ2n) is 6.97. The van der Waals surface area contributed by atoms with Crippen LogP contribution in [0.1, 0.15) is 39.8 Å². The molecule has 0 aliphatic carbocycles. The Bertz CT molecular complexity index is 1160. The molecule has 0 saturated carbocycles. The van der Waals surface area contributed by atoms with Crippen LogP contribution in [0.15, 0.2) is 22.7 Å². The first-order chi connectivity index (χ1) is 13.4. The van der Waals surface area contributed by atoms with Gasteiger partial charge >= 0.3 is 0 Å². The van der Waals surface area contributed by atoms with Crippen LogP contribution in [-0.2, 0) is 6.42 Å².